The predicted molar refractivity (Wildman–Crippen MR) is 79.4 cm³/mol. The Labute approximate surface area is 114 Å². The molecular formula is C13H18N2OS2. The lowest BCUT2D eigenvalue weighted by molar-refractivity contribution is 0.575. The monoisotopic (exact) mass is 282 g/mol. The van der Waals surface area contributed by atoms with Gasteiger partial charge in [0, 0.05) is 11.4 Å². The molecule has 0 saturated carbocycles. The number of fused-ring (bicyclic) bond motifs is 1. The van der Waals surface area contributed by atoms with Crippen LogP contribution in [0.5, 0.6) is 0 Å². The maximum atomic E-state index is 12.1. The number of anilines is 1. The first-order valence-corrected chi connectivity index (χ1v) is 8.24. The van der Waals surface area contributed by atoms with Crippen molar-refractivity contribution in [2.24, 2.45) is 5.92 Å². The highest BCUT2D eigenvalue weighted by atomic mass is 32.2. The summed E-state index contributed by atoms with van der Waals surface area (Å²) in [5.41, 5.74) is 7.34. The Morgan fingerprint density at radius 3 is 2.94 bits per heavy atom. The molecule has 0 bridgehead atoms. The summed E-state index contributed by atoms with van der Waals surface area (Å²) in [4.78, 5) is 4.41. The Bertz CT molecular complexity index is 563. The molecule has 0 radical (unpaired) electrons. The summed E-state index contributed by atoms with van der Waals surface area (Å²) in [6.45, 7) is 4.37. The average molecular weight is 282 g/mol. The molecule has 3 nitrogen and oxygen atoms in total. The normalized spacial score (nSPS) is 13.3. The van der Waals surface area contributed by atoms with Crippen LogP contribution in [0.3, 0.4) is 0 Å². The van der Waals surface area contributed by atoms with E-state index in [1.54, 1.807) is 0 Å². The van der Waals surface area contributed by atoms with Gasteiger partial charge in [-0.15, -0.1) is 11.3 Å². The molecule has 0 amide bonds. The Kier molecular flexibility index (Phi) is 4.35. The van der Waals surface area contributed by atoms with Crippen LogP contribution in [0.1, 0.15) is 26.7 Å². The van der Waals surface area contributed by atoms with Crippen molar-refractivity contribution in [1.82, 2.24) is 4.98 Å². The zero-order valence-electron chi connectivity index (χ0n) is 10.7. The van der Waals surface area contributed by atoms with Gasteiger partial charge >= 0.3 is 0 Å². The fourth-order valence-electron chi connectivity index (χ4n) is 1.73. The summed E-state index contributed by atoms with van der Waals surface area (Å²) >= 11 is 1.49. The van der Waals surface area contributed by atoms with Crippen LogP contribution < -0.4 is 5.73 Å². The molecule has 1 unspecified atom stereocenters. The van der Waals surface area contributed by atoms with Crippen LogP contribution in [0.2, 0.25) is 0 Å². The third-order valence-electron chi connectivity index (χ3n) is 2.70. The third-order valence-corrected chi connectivity index (χ3v) is 5.46. The third kappa shape index (κ3) is 3.29. The first-order chi connectivity index (χ1) is 8.56. The van der Waals surface area contributed by atoms with Gasteiger partial charge in [0.2, 0.25) is 0 Å². The lowest BCUT2D eigenvalue weighted by atomic mass is 10.1. The van der Waals surface area contributed by atoms with E-state index in [1.807, 2.05) is 18.2 Å². The van der Waals surface area contributed by atoms with Gasteiger partial charge in [-0.2, -0.15) is 0 Å². The molecule has 2 N–H and O–H groups in total. The van der Waals surface area contributed by atoms with Crippen LogP contribution in [-0.2, 0) is 10.8 Å². The van der Waals surface area contributed by atoms with E-state index in [1.165, 1.54) is 11.3 Å². The van der Waals surface area contributed by atoms with E-state index in [0.717, 1.165) is 33.1 Å². The Morgan fingerprint density at radius 2 is 2.22 bits per heavy atom. The second kappa shape index (κ2) is 5.80. The van der Waals surface area contributed by atoms with Crippen molar-refractivity contribution >= 4 is 38.0 Å². The SMILES string of the molecule is CC(C)CCCS(=O)c1nc2ccc(N)cc2s1. The topological polar surface area (TPSA) is 56.0 Å². The number of aromatic nitrogens is 1. The molecule has 1 aromatic carbocycles. The first kappa shape index (κ1) is 13.5. The average Bonchev–Trinajstić information content (AvgIpc) is 2.71. The number of thiazole rings is 1. The van der Waals surface area contributed by atoms with Crippen LogP contribution >= 0.6 is 11.3 Å². The van der Waals surface area contributed by atoms with E-state index in [0.29, 0.717) is 11.7 Å². The molecule has 0 aliphatic heterocycles. The van der Waals surface area contributed by atoms with Gasteiger partial charge in [-0.3, -0.25) is 4.21 Å². The van der Waals surface area contributed by atoms with Crippen LogP contribution in [0.15, 0.2) is 22.5 Å². The van der Waals surface area contributed by atoms with E-state index in [2.05, 4.69) is 18.8 Å². The summed E-state index contributed by atoms with van der Waals surface area (Å²) in [5.74, 6) is 1.37. The lowest BCUT2D eigenvalue weighted by Gasteiger charge is -2.02. The van der Waals surface area contributed by atoms with E-state index in [9.17, 15) is 4.21 Å². The number of hydrogen-bond acceptors (Lipinski definition) is 4. The lowest BCUT2D eigenvalue weighted by Crippen LogP contribution is -1.99. The first-order valence-electron chi connectivity index (χ1n) is 6.10. The van der Waals surface area contributed by atoms with E-state index >= 15 is 0 Å². The van der Waals surface area contributed by atoms with Crippen molar-refractivity contribution in [2.75, 3.05) is 11.5 Å². The summed E-state index contributed by atoms with van der Waals surface area (Å²) in [6.07, 6.45) is 2.10. The number of nitrogens with zero attached hydrogens (tertiary/aromatic N) is 1. The Morgan fingerprint density at radius 1 is 1.44 bits per heavy atom. The molecular weight excluding hydrogens is 264 g/mol. The van der Waals surface area contributed by atoms with Crippen LogP contribution in [0.25, 0.3) is 10.2 Å². The Balaban J connectivity index is 2.08. The molecule has 1 heterocycles. The van der Waals surface area contributed by atoms with Crippen LogP contribution in [-0.4, -0.2) is 14.9 Å². The summed E-state index contributed by atoms with van der Waals surface area (Å²) in [5, 5.41) is 0. The van der Waals surface area contributed by atoms with Gasteiger partial charge in [-0.1, -0.05) is 20.3 Å². The second-order valence-corrected chi connectivity index (χ2v) is 7.57. The van der Waals surface area contributed by atoms with Gasteiger partial charge in [0.1, 0.15) is 0 Å². The molecule has 98 valence electrons. The number of nitrogens with two attached hydrogens (primary N) is 1. The van der Waals surface area contributed by atoms with Crippen molar-refractivity contribution in [1.29, 1.82) is 0 Å². The van der Waals surface area contributed by atoms with E-state index in [-0.39, 0.29) is 0 Å². The van der Waals surface area contributed by atoms with Gasteiger partial charge in [0.15, 0.2) is 4.34 Å². The second-order valence-electron chi connectivity index (χ2n) is 4.79. The molecule has 1 aromatic heterocycles. The maximum Gasteiger partial charge on any atom is 0.181 e. The molecule has 18 heavy (non-hydrogen) atoms. The standard InChI is InChI=1S/C13H18N2OS2/c1-9(2)4-3-7-18(16)13-15-11-6-5-10(14)8-12(11)17-13/h5-6,8-9H,3-4,7,14H2,1-2H3. The molecule has 0 aliphatic carbocycles. The minimum Gasteiger partial charge on any atom is -0.399 e. The highest BCUT2D eigenvalue weighted by Crippen LogP contribution is 2.26. The minimum atomic E-state index is -0.973. The highest BCUT2D eigenvalue weighted by Gasteiger charge is 2.11. The molecule has 0 spiro atoms. The molecule has 0 saturated heterocycles. The van der Waals surface area contributed by atoms with Gasteiger partial charge < -0.3 is 5.73 Å². The van der Waals surface area contributed by atoms with Crippen LogP contribution in [0.4, 0.5) is 5.69 Å². The smallest absolute Gasteiger partial charge is 0.181 e. The van der Waals surface area contributed by atoms with Crippen LogP contribution in [0, 0.1) is 5.92 Å². The van der Waals surface area contributed by atoms with Crippen molar-refractivity contribution in [3.05, 3.63) is 18.2 Å². The molecule has 2 rings (SSSR count). The summed E-state index contributed by atoms with van der Waals surface area (Å²) in [7, 11) is -0.973. The predicted octanol–water partition coefficient (Wildman–Crippen LogP) is 3.42. The molecule has 2 aromatic rings. The quantitative estimate of drug-likeness (QED) is 0.855. The van der Waals surface area contributed by atoms with Gasteiger partial charge in [-0.25, -0.2) is 4.98 Å². The van der Waals surface area contributed by atoms with Gasteiger partial charge in [0.05, 0.1) is 21.0 Å². The van der Waals surface area contributed by atoms with Gasteiger partial charge in [0.25, 0.3) is 0 Å². The number of benzene rings is 1. The van der Waals surface area contributed by atoms with E-state index in [4.69, 9.17) is 5.73 Å². The molecule has 0 aliphatic rings. The zero-order valence-corrected chi connectivity index (χ0v) is 12.3. The number of rotatable bonds is 5. The summed E-state index contributed by atoms with van der Waals surface area (Å²) in [6, 6.07) is 5.60. The largest absolute Gasteiger partial charge is 0.399 e. The van der Waals surface area contributed by atoms with Gasteiger partial charge in [-0.05, 0) is 30.5 Å². The molecule has 0 fully saturated rings. The molecule has 5 heteroatoms. The molecule has 1 atom stereocenters. The zero-order chi connectivity index (χ0) is 13.1. The Hall–Kier alpha value is -0.940. The maximum absolute atomic E-state index is 12.1. The van der Waals surface area contributed by atoms with E-state index < -0.39 is 10.8 Å². The van der Waals surface area contributed by atoms with Crippen molar-refractivity contribution < 1.29 is 4.21 Å². The minimum absolute atomic E-state index is 0.664. The number of hydrogen-bond donors (Lipinski definition) is 1. The summed E-state index contributed by atoms with van der Waals surface area (Å²) < 4.78 is 13.8. The van der Waals surface area contributed by atoms with Crippen molar-refractivity contribution in [3.8, 4) is 0 Å². The fraction of sp³-hybridized carbons (Fsp3) is 0.462. The highest BCUT2D eigenvalue weighted by molar-refractivity contribution is 7.87. The fourth-order valence-corrected chi connectivity index (χ4v) is 4.17. The van der Waals surface area contributed by atoms with Crippen molar-refractivity contribution in [2.45, 2.75) is 31.0 Å². The number of nitrogen functional groups attached to an aromatic ring is 1. The van der Waals surface area contributed by atoms with Crippen molar-refractivity contribution in [3.63, 3.8) is 0 Å².